The molecule has 0 atom stereocenters. The second-order valence-electron chi connectivity index (χ2n) is 10.8. The van der Waals surface area contributed by atoms with Crippen molar-refractivity contribution in [1.82, 2.24) is 24.6 Å². The first-order chi connectivity index (χ1) is 20.0. The average molecular weight is 688 g/mol. The molecule has 0 unspecified atom stereocenters. The van der Waals surface area contributed by atoms with Crippen LogP contribution in [0.3, 0.4) is 0 Å². The molecule has 0 spiro atoms. The SMILES string of the molecule is COc1cccc(F)c1-c1nccc(C(=O)Nc2cc(I)c3c(cnn3C)c2N2CCN(C(=O)OC(C)(C)C)CC2)n1. The molecule has 1 saturated heterocycles. The summed E-state index contributed by atoms with van der Waals surface area (Å²) in [4.78, 5) is 38.6. The van der Waals surface area contributed by atoms with Crippen molar-refractivity contribution in [2.24, 2.45) is 7.05 Å². The largest absolute Gasteiger partial charge is 0.496 e. The number of ether oxygens (including phenoxy) is 2. The van der Waals surface area contributed by atoms with Gasteiger partial charge in [0.05, 0.1) is 35.8 Å². The molecule has 2 amide bonds. The smallest absolute Gasteiger partial charge is 0.410 e. The van der Waals surface area contributed by atoms with Gasteiger partial charge in [0.25, 0.3) is 5.91 Å². The van der Waals surface area contributed by atoms with Crippen LogP contribution in [0.25, 0.3) is 22.3 Å². The zero-order valence-corrected chi connectivity index (χ0v) is 26.1. The van der Waals surface area contributed by atoms with Gasteiger partial charge in [0, 0.05) is 48.4 Å². The van der Waals surface area contributed by atoms with Crippen LogP contribution in [-0.4, -0.2) is 75.5 Å². The number of aryl methyl sites for hydroxylation is 1. The van der Waals surface area contributed by atoms with Crippen molar-refractivity contribution in [2.75, 3.05) is 43.5 Å². The van der Waals surface area contributed by atoms with E-state index < -0.39 is 17.3 Å². The van der Waals surface area contributed by atoms with Crippen LogP contribution in [0.1, 0.15) is 31.3 Å². The number of carbonyl (C=O) groups is 2. The predicted octanol–water partition coefficient (Wildman–Crippen LogP) is 5.09. The highest BCUT2D eigenvalue weighted by atomic mass is 127. The van der Waals surface area contributed by atoms with E-state index in [1.165, 1.54) is 31.5 Å². The van der Waals surface area contributed by atoms with E-state index in [-0.39, 0.29) is 28.9 Å². The lowest BCUT2D eigenvalue weighted by Gasteiger charge is -2.37. The molecule has 1 fully saturated rings. The average Bonchev–Trinajstić information content (AvgIpc) is 3.34. The number of amides is 2. The second kappa shape index (κ2) is 11.7. The molecule has 42 heavy (non-hydrogen) atoms. The number of fused-ring (bicyclic) bond motifs is 1. The van der Waals surface area contributed by atoms with Crippen LogP contribution in [0.4, 0.5) is 20.6 Å². The number of piperazine rings is 1. The van der Waals surface area contributed by atoms with Crippen LogP contribution in [-0.2, 0) is 11.8 Å². The number of benzene rings is 2. The summed E-state index contributed by atoms with van der Waals surface area (Å²) >= 11 is 2.22. The summed E-state index contributed by atoms with van der Waals surface area (Å²) in [7, 11) is 3.30. The highest BCUT2D eigenvalue weighted by Gasteiger charge is 2.29. The van der Waals surface area contributed by atoms with Gasteiger partial charge in [0.15, 0.2) is 5.82 Å². The maximum atomic E-state index is 14.7. The molecule has 1 N–H and O–H groups in total. The van der Waals surface area contributed by atoms with Gasteiger partial charge in [0.1, 0.15) is 22.9 Å². The monoisotopic (exact) mass is 687 g/mol. The molecule has 3 heterocycles. The molecular formula is C29H31FIN7O4. The Morgan fingerprint density at radius 2 is 1.86 bits per heavy atom. The van der Waals surface area contributed by atoms with Crippen molar-refractivity contribution in [3.8, 4) is 17.1 Å². The first-order valence-electron chi connectivity index (χ1n) is 13.3. The van der Waals surface area contributed by atoms with E-state index in [1.54, 1.807) is 21.8 Å². The Hall–Kier alpha value is -4.01. The van der Waals surface area contributed by atoms with Gasteiger partial charge in [-0.25, -0.2) is 19.2 Å². The van der Waals surface area contributed by atoms with Crippen LogP contribution in [0.15, 0.2) is 42.7 Å². The number of aromatic nitrogens is 4. The Labute approximate surface area is 256 Å². The maximum Gasteiger partial charge on any atom is 0.410 e. The van der Waals surface area contributed by atoms with Gasteiger partial charge in [-0.15, -0.1) is 0 Å². The Morgan fingerprint density at radius 1 is 1.12 bits per heavy atom. The van der Waals surface area contributed by atoms with Gasteiger partial charge in [0.2, 0.25) is 0 Å². The van der Waals surface area contributed by atoms with Gasteiger partial charge in [-0.05, 0) is 67.6 Å². The minimum Gasteiger partial charge on any atom is -0.496 e. The molecule has 0 saturated carbocycles. The van der Waals surface area contributed by atoms with Crippen LogP contribution in [0.5, 0.6) is 5.75 Å². The van der Waals surface area contributed by atoms with Crippen molar-refractivity contribution >= 4 is 56.9 Å². The van der Waals surface area contributed by atoms with Crippen molar-refractivity contribution in [3.05, 3.63) is 57.8 Å². The lowest BCUT2D eigenvalue weighted by atomic mass is 10.1. The van der Waals surface area contributed by atoms with E-state index in [4.69, 9.17) is 9.47 Å². The third-order valence-electron chi connectivity index (χ3n) is 6.75. The molecule has 2 aromatic carbocycles. The normalized spacial score (nSPS) is 13.8. The van der Waals surface area contributed by atoms with E-state index in [2.05, 4.69) is 47.9 Å². The van der Waals surface area contributed by atoms with Crippen molar-refractivity contribution in [2.45, 2.75) is 26.4 Å². The highest BCUT2D eigenvalue weighted by Crippen LogP contribution is 2.38. The molecule has 2 aromatic heterocycles. The maximum absolute atomic E-state index is 14.7. The minimum absolute atomic E-state index is 0.0355. The van der Waals surface area contributed by atoms with Gasteiger partial charge >= 0.3 is 6.09 Å². The van der Waals surface area contributed by atoms with Gasteiger partial charge < -0.3 is 24.6 Å². The van der Waals surface area contributed by atoms with Crippen LogP contribution in [0.2, 0.25) is 0 Å². The number of rotatable bonds is 5. The minimum atomic E-state index is -0.581. The zero-order chi connectivity index (χ0) is 30.2. The lowest BCUT2D eigenvalue weighted by molar-refractivity contribution is 0.0240. The van der Waals surface area contributed by atoms with Crippen molar-refractivity contribution in [1.29, 1.82) is 0 Å². The number of hydrogen-bond acceptors (Lipinski definition) is 8. The Morgan fingerprint density at radius 3 is 2.55 bits per heavy atom. The molecular weight excluding hydrogens is 656 g/mol. The third-order valence-corrected chi connectivity index (χ3v) is 7.57. The lowest BCUT2D eigenvalue weighted by Crippen LogP contribution is -2.50. The second-order valence-corrected chi connectivity index (χ2v) is 11.9. The van der Waals surface area contributed by atoms with E-state index in [1.807, 2.05) is 33.9 Å². The molecule has 0 bridgehead atoms. The summed E-state index contributed by atoms with van der Waals surface area (Å²) in [5.74, 6) is -0.747. The molecule has 220 valence electrons. The van der Waals surface area contributed by atoms with Crippen LogP contribution < -0.4 is 15.0 Å². The molecule has 1 aliphatic rings. The summed E-state index contributed by atoms with van der Waals surface area (Å²) in [5.41, 5.74) is 1.84. The third kappa shape index (κ3) is 5.96. The first-order valence-corrected chi connectivity index (χ1v) is 14.4. The van der Waals surface area contributed by atoms with Crippen molar-refractivity contribution < 1.29 is 23.5 Å². The fourth-order valence-corrected chi connectivity index (χ4v) is 5.81. The molecule has 4 aromatic rings. The van der Waals surface area contributed by atoms with Gasteiger partial charge in [-0.1, -0.05) is 6.07 Å². The Kier molecular flexibility index (Phi) is 8.21. The summed E-state index contributed by atoms with van der Waals surface area (Å²) in [6, 6.07) is 7.78. The number of nitrogens with zero attached hydrogens (tertiary/aromatic N) is 6. The highest BCUT2D eigenvalue weighted by molar-refractivity contribution is 14.1. The van der Waals surface area contributed by atoms with E-state index in [9.17, 15) is 14.0 Å². The zero-order valence-electron chi connectivity index (χ0n) is 23.9. The Balaban J connectivity index is 1.46. The van der Waals surface area contributed by atoms with E-state index >= 15 is 0 Å². The quantitative estimate of drug-likeness (QED) is 0.289. The van der Waals surface area contributed by atoms with Gasteiger partial charge in [-0.3, -0.25) is 9.48 Å². The number of anilines is 2. The van der Waals surface area contributed by atoms with E-state index in [0.717, 1.165) is 20.2 Å². The molecule has 11 nitrogen and oxygen atoms in total. The Bertz CT molecular complexity index is 1660. The number of hydrogen-bond donors (Lipinski definition) is 1. The van der Waals surface area contributed by atoms with Crippen LogP contribution in [0, 0.1) is 9.39 Å². The molecule has 0 aliphatic carbocycles. The summed E-state index contributed by atoms with van der Waals surface area (Å²) in [6.07, 6.45) is 2.83. The standard InChI is InChI=1S/C29H31FIN7O4/c1-29(2,3)42-28(40)38-13-11-37(12-14-38)25-17-16-33-36(4)24(17)19(31)15-21(25)35-27(39)20-9-10-32-26(34-20)23-18(30)7-6-8-22(23)41-5/h6-10,15-16H,11-14H2,1-5H3,(H,35,39). The number of nitrogens with one attached hydrogen (secondary N) is 1. The van der Waals surface area contributed by atoms with Crippen molar-refractivity contribution in [3.63, 3.8) is 0 Å². The number of halogens is 2. The first kappa shape index (κ1) is 29.5. The topological polar surface area (TPSA) is 115 Å². The summed E-state index contributed by atoms with van der Waals surface area (Å²) in [6.45, 7) is 7.48. The fraction of sp³-hybridized carbons (Fsp3) is 0.345. The summed E-state index contributed by atoms with van der Waals surface area (Å²) in [5, 5.41) is 8.34. The fourth-order valence-electron chi connectivity index (χ4n) is 4.86. The molecule has 0 radical (unpaired) electrons. The molecule has 5 rings (SSSR count). The van der Waals surface area contributed by atoms with Gasteiger partial charge in [-0.2, -0.15) is 5.10 Å². The molecule has 1 aliphatic heterocycles. The van der Waals surface area contributed by atoms with Crippen LogP contribution >= 0.6 is 22.6 Å². The number of carbonyl (C=O) groups excluding carboxylic acids is 2. The number of methoxy groups -OCH3 is 1. The van der Waals surface area contributed by atoms with E-state index in [0.29, 0.717) is 31.9 Å². The summed E-state index contributed by atoms with van der Waals surface area (Å²) < 4.78 is 28.2. The predicted molar refractivity (Wildman–Crippen MR) is 165 cm³/mol. The molecule has 13 heteroatoms.